The molecule has 0 N–H and O–H groups in total. The Kier molecular flexibility index (Phi) is 1.31. The van der Waals surface area contributed by atoms with Crippen LogP contribution in [0, 0.1) is 17.8 Å². The van der Waals surface area contributed by atoms with Crippen LogP contribution in [0.15, 0.2) is 0 Å². The molecule has 0 saturated heterocycles. The van der Waals surface area contributed by atoms with Crippen molar-refractivity contribution in [2.24, 2.45) is 17.8 Å². The Labute approximate surface area is 76.9 Å². The summed E-state index contributed by atoms with van der Waals surface area (Å²) in [6.07, 6.45) is 9.25. The first-order valence-electron chi connectivity index (χ1n) is 4.94. The summed E-state index contributed by atoms with van der Waals surface area (Å²) in [6, 6.07) is 0. The van der Waals surface area contributed by atoms with Gasteiger partial charge in [-0.3, -0.25) is 0 Å². The molecule has 4 fully saturated rings. The van der Waals surface area contributed by atoms with Gasteiger partial charge >= 0.3 is 76.6 Å². The molecule has 4 rings (SSSR count). The van der Waals surface area contributed by atoms with Crippen LogP contribution in [0.1, 0.15) is 38.5 Å². The molecular formula is C10H15Se-. The van der Waals surface area contributed by atoms with E-state index in [-0.39, 0.29) is 0 Å². The molecular weight excluding hydrogens is 199 g/mol. The van der Waals surface area contributed by atoms with Gasteiger partial charge in [0.15, 0.2) is 0 Å². The first-order valence-corrected chi connectivity index (χ1v) is 5.80. The quantitative estimate of drug-likeness (QED) is 0.543. The molecule has 4 aliphatic carbocycles. The Morgan fingerprint density at radius 2 is 1.18 bits per heavy atom. The van der Waals surface area contributed by atoms with E-state index in [0.717, 1.165) is 17.8 Å². The molecule has 0 aromatic rings. The summed E-state index contributed by atoms with van der Waals surface area (Å²) in [7, 11) is 0. The second kappa shape index (κ2) is 2.06. The molecule has 62 valence electrons. The predicted molar refractivity (Wildman–Crippen MR) is 46.6 cm³/mol. The summed E-state index contributed by atoms with van der Waals surface area (Å²) in [5.41, 5.74) is 0. The monoisotopic (exact) mass is 215 g/mol. The molecule has 0 radical (unpaired) electrons. The predicted octanol–water partition coefficient (Wildman–Crippen LogP) is 2.54. The minimum atomic E-state index is 0.675. The summed E-state index contributed by atoms with van der Waals surface area (Å²) in [5.74, 6) is 3.34. The van der Waals surface area contributed by atoms with Gasteiger partial charge in [-0.2, -0.15) is 0 Å². The third-order valence-corrected chi connectivity index (χ3v) is 5.03. The Morgan fingerprint density at radius 3 is 1.45 bits per heavy atom. The standard InChI is InChI=1S/C10H16Se/c11-10-4-7-1-8(5-10)3-9(2-7)6-10/h7-9,11H,1-6H2/p-1. The zero-order valence-electron chi connectivity index (χ0n) is 6.88. The van der Waals surface area contributed by atoms with E-state index in [0.29, 0.717) is 4.31 Å². The van der Waals surface area contributed by atoms with Crippen molar-refractivity contribution in [3.05, 3.63) is 0 Å². The van der Waals surface area contributed by atoms with Crippen molar-refractivity contribution >= 4 is 16.0 Å². The molecule has 0 amide bonds. The zero-order valence-corrected chi connectivity index (χ0v) is 8.60. The summed E-state index contributed by atoms with van der Waals surface area (Å²) in [6.45, 7) is 0. The molecule has 4 aliphatic rings. The van der Waals surface area contributed by atoms with Crippen LogP contribution in [0.4, 0.5) is 0 Å². The van der Waals surface area contributed by atoms with Gasteiger partial charge < -0.3 is 0 Å². The Morgan fingerprint density at radius 1 is 0.818 bits per heavy atom. The Balaban J connectivity index is 1.94. The van der Waals surface area contributed by atoms with Crippen LogP contribution in [0.2, 0.25) is 4.31 Å². The average Bonchev–Trinajstić information content (AvgIpc) is 1.79. The van der Waals surface area contributed by atoms with Crippen LogP contribution >= 0.6 is 0 Å². The van der Waals surface area contributed by atoms with E-state index in [1.165, 1.54) is 19.3 Å². The maximum absolute atomic E-state index is 3.48. The van der Waals surface area contributed by atoms with Gasteiger partial charge in [0.2, 0.25) is 0 Å². The molecule has 4 saturated carbocycles. The maximum atomic E-state index is 3.48. The molecule has 1 heteroatoms. The van der Waals surface area contributed by atoms with Gasteiger partial charge in [0.1, 0.15) is 0 Å². The minimum absolute atomic E-state index is 0.675. The summed E-state index contributed by atoms with van der Waals surface area (Å²) < 4.78 is 0.675. The van der Waals surface area contributed by atoms with E-state index in [1.54, 1.807) is 19.3 Å². The van der Waals surface area contributed by atoms with Gasteiger partial charge in [0.25, 0.3) is 0 Å². The Hall–Kier alpha value is 0.519. The fourth-order valence-corrected chi connectivity index (χ4v) is 5.51. The second-order valence-corrected chi connectivity index (χ2v) is 6.92. The molecule has 4 bridgehead atoms. The van der Waals surface area contributed by atoms with E-state index in [2.05, 4.69) is 16.0 Å². The fraction of sp³-hybridized carbons (Fsp3) is 1.00. The molecule has 0 atom stereocenters. The van der Waals surface area contributed by atoms with Crippen LogP contribution in [-0.2, 0) is 0 Å². The van der Waals surface area contributed by atoms with E-state index >= 15 is 0 Å². The van der Waals surface area contributed by atoms with Gasteiger partial charge in [0.05, 0.1) is 0 Å². The van der Waals surface area contributed by atoms with Gasteiger partial charge in [-0.05, 0) is 0 Å². The van der Waals surface area contributed by atoms with Crippen molar-refractivity contribution < 1.29 is 0 Å². The zero-order chi connectivity index (χ0) is 7.47. The van der Waals surface area contributed by atoms with E-state index in [9.17, 15) is 0 Å². The normalized spacial score (nSPS) is 60.3. The second-order valence-electron chi connectivity index (χ2n) is 5.10. The van der Waals surface area contributed by atoms with Crippen molar-refractivity contribution in [2.45, 2.75) is 42.8 Å². The molecule has 0 heterocycles. The summed E-state index contributed by atoms with van der Waals surface area (Å²) in [4.78, 5) is 0. The topological polar surface area (TPSA) is 0 Å². The first kappa shape index (κ1) is 6.97. The SMILES string of the molecule is [Se-]C12CC3CC(CC(C3)C1)C2. The molecule has 0 spiro atoms. The number of rotatable bonds is 0. The van der Waals surface area contributed by atoms with Crippen molar-refractivity contribution in [1.82, 2.24) is 0 Å². The van der Waals surface area contributed by atoms with Crippen molar-refractivity contribution in [3.8, 4) is 0 Å². The summed E-state index contributed by atoms with van der Waals surface area (Å²) in [5, 5.41) is 0. The summed E-state index contributed by atoms with van der Waals surface area (Å²) >= 11 is 3.48. The van der Waals surface area contributed by atoms with Crippen LogP contribution in [0.5, 0.6) is 0 Å². The molecule has 0 unspecified atom stereocenters. The van der Waals surface area contributed by atoms with E-state index < -0.39 is 0 Å². The van der Waals surface area contributed by atoms with Gasteiger partial charge in [-0.15, -0.1) is 0 Å². The van der Waals surface area contributed by atoms with Gasteiger partial charge in [-0.25, -0.2) is 0 Å². The average molecular weight is 214 g/mol. The third kappa shape index (κ3) is 1.01. The molecule has 0 nitrogen and oxygen atoms in total. The molecule has 0 aliphatic heterocycles. The molecule has 0 aromatic heterocycles. The fourth-order valence-electron chi connectivity index (χ4n) is 4.03. The third-order valence-electron chi connectivity index (χ3n) is 3.98. The van der Waals surface area contributed by atoms with Crippen molar-refractivity contribution in [1.29, 1.82) is 0 Å². The van der Waals surface area contributed by atoms with Crippen LogP contribution in [-0.4, -0.2) is 16.0 Å². The van der Waals surface area contributed by atoms with Crippen molar-refractivity contribution in [2.75, 3.05) is 0 Å². The number of hydrogen-bond donors (Lipinski definition) is 0. The van der Waals surface area contributed by atoms with Gasteiger partial charge in [0, 0.05) is 0 Å². The number of hydrogen-bond acceptors (Lipinski definition) is 0. The van der Waals surface area contributed by atoms with Crippen LogP contribution in [0.3, 0.4) is 0 Å². The Bertz CT molecular complexity index is 150. The molecule has 0 aromatic carbocycles. The molecule has 11 heavy (non-hydrogen) atoms. The van der Waals surface area contributed by atoms with Crippen molar-refractivity contribution in [3.63, 3.8) is 0 Å². The first-order chi connectivity index (χ1) is 5.23. The van der Waals surface area contributed by atoms with E-state index in [1.807, 2.05) is 0 Å². The van der Waals surface area contributed by atoms with Gasteiger partial charge in [-0.1, -0.05) is 0 Å². The van der Waals surface area contributed by atoms with Crippen LogP contribution < -0.4 is 0 Å². The van der Waals surface area contributed by atoms with E-state index in [4.69, 9.17) is 0 Å². The van der Waals surface area contributed by atoms with Crippen LogP contribution in [0.25, 0.3) is 0 Å².